The highest BCUT2D eigenvalue weighted by Crippen LogP contribution is 2.27. The van der Waals surface area contributed by atoms with Crippen LogP contribution in [0.4, 0.5) is 15.9 Å². The number of rotatable bonds is 9. The molecule has 1 aliphatic heterocycles. The summed E-state index contributed by atoms with van der Waals surface area (Å²) in [5, 5.41) is 2.59. The van der Waals surface area contributed by atoms with Crippen LogP contribution >= 0.6 is 11.3 Å². The average molecular weight is 516 g/mol. The average Bonchev–Trinajstić information content (AvgIpc) is 3.25. The molecule has 0 radical (unpaired) electrons. The van der Waals surface area contributed by atoms with Crippen LogP contribution in [0.5, 0.6) is 0 Å². The minimum atomic E-state index is -3.93. The van der Waals surface area contributed by atoms with Gasteiger partial charge in [-0.2, -0.15) is 4.39 Å². The number of ketones is 1. The van der Waals surface area contributed by atoms with Gasteiger partial charge in [-0.05, 0) is 53.9 Å². The highest BCUT2D eigenvalue weighted by molar-refractivity contribution is 7.94. The molecule has 35 heavy (non-hydrogen) atoms. The third-order valence-corrected chi connectivity index (χ3v) is 8.49. The fourth-order valence-corrected chi connectivity index (χ4v) is 6.05. The number of benzene rings is 1. The Morgan fingerprint density at radius 3 is 2.63 bits per heavy atom. The molecule has 11 heteroatoms. The molecule has 0 fully saturated rings. The van der Waals surface area contributed by atoms with Gasteiger partial charge in [0.05, 0.1) is 6.42 Å². The van der Waals surface area contributed by atoms with E-state index in [1.165, 1.54) is 18.3 Å². The zero-order chi connectivity index (χ0) is 25.2. The van der Waals surface area contributed by atoms with Crippen LogP contribution in [0.1, 0.15) is 34.8 Å². The number of thiophene rings is 1. The van der Waals surface area contributed by atoms with Crippen molar-refractivity contribution in [2.24, 2.45) is 0 Å². The minimum absolute atomic E-state index is 0.0474. The van der Waals surface area contributed by atoms with Crippen molar-refractivity contribution >= 4 is 50.3 Å². The topological polar surface area (TPSA) is 114 Å². The number of Topliss-reactive ketones (excluding diaryl/α,β-unsaturated/α-hetero) is 1. The molecule has 1 aliphatic rings. The summed E-state index contributed by atoms with van der Waals surface area (Å²) in [7, 11) is -3.93. The van der Waals surface area contributed by atoms with Gasteiger partial charge in [-0.1, -0.05) is 24.3 Å². The van der Waals surface area contributed by atoms with Gasteiger partial charge in [0.15, 0.2) is 20.8 Å². The molecule has 1 N–H and O–H groups in total. The van der Waals surface area contributed by atoms with Crippen LogP contribution in [0.2, 0.25) is 0 Å². The normalized spacial score (nSPS) is 13.6. The Morgan fingerprint density at radius 1 is 1.17 bits per heavy atom. The van der Waals surface area contributed by atoms with Crippen molar-refractivity contribution in [2.45, 2.75) is 30.4 Å². The molecule has 8 nitrogen and oxygen atoms in total. The van der Waals surface area contributed by atoms with Crippen LogP contribution in [0.15, 0.2) is 52.9 Å². The summed E-state index contributed by atoms with van der Waals surface area (Å²) in [4.78, 5) is 43.2. The number of amides is 2. The van der Waals surface area contributed by atoms with E-state index in [0.29, 0.717) is 28.0 Å². The highest BCUT2D eigenvalue weighted by Gasteiger charge is 2.33. The highest BCUT2D eigenvalue weighted by atomic mass is 32.2. The lowest BCUT2D eigenvalue weighted by Crippen LogP contribution is -2.43. The summed E-state index contributed by atoms with van der Waals surface area (Å²) in [5.74, 6) is -2.12. The number of imide groups is 1. The smallest absolute Gasteiger partial charge is 0.266 e. The Bertz CT molecular complexity index is 1400. The Hall–Kier alpha value is -3.44. The summed E-state index contributed by atoms with van der Waals surface area (Å²) < 4.78 is 37.5. The maximum Gasteiger partial charge on any atom is 0.266 e. The van der Waals surface area contributed by atoms with Gasteiger partial charge in [-0.25, -0.2) is 18.3 Å². The third-order valence-electron chi connectivity index (χ3n) is 5.35. The van der Waals surface area contributed by atoms with Crippen LogP contribution in [0, 0.1) is 5.13 Å². The number of nitrogens with one attached hydrogen (secondary N) is 1. The van der Waals surface area contributed by atoms with Crippen molar-refractivity contribution in [1.29, 1.82) is 0 Å². The number of fused-ring (bicyclic) bond motifs is 1. The molecule has 0 aliphatic carbocycles. The Kier molecular flexibility index (Phi) is 7.08. The molecule has 182 valence electrons. The monoisotopic (exact) mass is 515 g/mol. The maximum atomic E-state index is 13.1. The van der Waals surface area contributed by atoms with Crippen molar-refractivity contribution in [3.8, 4) is 0 Å². The van der Waals surface area contributed by atoms with Gasteiger partial charge in [0.25, 0.3) is 5.91 Å². The Balaban J connectivity index is 1.45. The number of carbonyl (C=O) groups is 3. The van der Waals surface area contributed by atoms with Crippen LogP contribution in [-0.2, 0) is 32.3 Å². The van der Waals surface area contributed by atoms with Crippen molar-refractivity contribution in [1.82, 2.24) is 4.98 Å². The summed E-state index contributed by atoms with van der Waals surface area (Å²) in [5.41, 5.74) is 2.34. The van der Waals surface area contributed by atoms with Crippen molar-refractivity contribution in [3.05, 3.63) is 70.5 Å². The molecular formula is C24H22FN3O5S2. The molecule has 0 atom stereocenters. The molecular weight excluding hydrogens is 493 g/mol. The van der Waals surface area contributed by atoms with Crippen molar-refractivity contribution < 1.29 is 27.2 Å². The number of halogens is 1. The van der Waals surface area contributed by atoms with E-state index < -0.39 is 38.3 Å². The van der Waals surface area contributed by atoms with Crippen LogP contribution in [0.3, 0.4) is 0 Å². The molecule has 2 aromatic heterocycles. The first kappa shape index (κ1) is 24.7. The van der Waals surface area contributed by atoms with E-state index in [9.17, 15) is 27.2 Å². The first-order chi connectivity index (χ1) is 16.7. The van der Waals surface area contributed by atoms with E-state index >= 15 is 0 Å². The fourth-order valence-electron chi connectivity index (χ4n) is 3.72. The minimum Gasteiger partial charge on any atom is -0.385 e. The van der Waals surface area contributed by atoms with E-state index in [2.05, 4.69) is 10.3 Å². The van der Waals surface area contributed by atoms with Gasteiger partial charge in [0, 0.05) is 30.4 Å². The zero-order valence-electron chi connectivity index (χ0n) is 18.8. The molecule has 0 unspecified atom stereocenters. The lowest BCUT2D eigenvalue weighted by molar-refractivity contribution is -0.118. The number of aromatic nitrogens is 1. The second kappa shape index (κ2) is 10.0. The fraction of sp³-hybridized carbons (Fsp3) is 0.250. The van der Waals surface area contributed by atoms with E-state index in [4.69, 9.17) is 0 Å². The number of nitrogens with zero attached hydrogens (tertiary/aromatic N) is 2. The molecule has 4 rings (SSSR count). The van der Waals surface area contributed by atoms with Crippen molar-refractivity contribution in [3.63, 3.8) is 0 Å². The molecule has 0 bridgehead atoms. The summed E-state index contributed by atoms with van der Waals surface area (Å²) in [6.45, 7) is 2.82. The van der Waals surface area contributed by atoms with E-state index in [0.717, 1.165) is 35.7 Å². The first-order valence-electron chi connectivity index (χ1n) is 10.9. The Labute approximate surface area is 205 Å². The summed E-state index contributed by atoms with van der Waals surface area (Å²) in [6.07, 6.45) is 2.11. The second-order valence-electron chi connectivity index (χ2n) is 8.07. The van der Waals surface area contributed by atoms with Crippen LogP contribution in [-0.4, -0.2) is 43.3 Å². The van der Waals surface area contributed by atoms with Gasteiger partial charge >= 0.3 is 0 Å². The van der Waals surface area contributed by atoms with E-state index in [-0.39, 0.29) is 22.9 Å². The number of hydrogen-bond donors (Lipinski definition) is 1. The Morgan fingerprint density at radius 2 is 1.97 bits per heavy atom. The van der Waals surface area contributed by atoms with E-state index in [1.54, 1.807) is 18.2 Å². The number of pyridine rings is 1. The van der Waals surface area contributed by atoms with E-state index in [1.807, 2.05) is 6.92 Å². The van der Waals surface area contributed by atoms with Gasteiger partial charge < -0.3 is 5.32 Å². The quantitative estimate of drug-likeness (QED) is 0.435. The summed E-state index contributed by atoms with van der Waals surface area (Å²) >= 11 is 0.468. The molecule has 2 amide bonds. The molecule has 3 heterocycles. The van der Waals surface area contributed by atoms with Crippen LogP contribution < -0.4 is 10.2 Å². The first-order valence-corrected chi connectivity index (χ1v) is 13.3. The second-order valence-corrected chi connectivity index (χ2v) is 11.3. The van der Waals surface area contributed by atoms with Gasteiger partial charge in [-0.3, -0.25) is 14.4 Å². The van der Waals surface area contributed by atoms with Crippen molar-refractivity contribution in [2.75, 3.05) is 22.5 Å². The number of hydrogen-bond acceptors (Lipinski definition) is 8. The largest absolute Gasteiger partial charge is 0.385 e. The predicted octanol–water partition coefficient (Wildman–Crippen LogP) is 3.42. The van der Waals surface area contributed by atoms with Gasteiger partial charge in [-0.15, -0.1) is 0 Å². The summed E-state index contributed by atoms with van der Waals surface area (Å²) in [6, 6.07) is 10.4. The SMILES string of the molecule is CCCNc1ccc2c(c1)CC(=O)N(c1ccc(CC(=O)CS(=O)(=O)c3ccc(F)s3)cn1)C2=O. The molecule has 0 saturated carbocycles. The lowest BCUT2D eigenvalue weighted by atomic mass is 9.97. The van der Waals surface area contributed by atoms with Crippen LogP contribution in [0.25, 0.3) is 0 Å². The number of anilines is 2. The predicted molar refractivity (Wildman–Crippen MR) is 130 cm³/mol. The number of carbonyl (C=O) groups excluding carboxylic acids is 3. The third kappa shape index (κ3) is 5.46. The maximum absolute atomic E-state index is 13.1. The standard InChI is InChI=1S/C24H22FN3O5S2/c1-2-9-26-17-4-5-19-16(11-17)12-22(30)28(24(19)31)21-7-3-15(13-27-21)10-18(29)14-35(32,33)23-8-6-20(25)34-23/h3-8,11,13,26H,2,9-10,12,14H2,1H3. The molecule has 0 spiro atoms. The molecule has 0 saturated heterocycles. The van der Waals surface area contributed by atoms with Gasteiger partial charge in [0.2, 0.25) is 5.91 Å². The molecule has 1 aromatic carbocycles. The van der Waals surface area contributed by atoms with Gasteiger partial charge in [0.1, 0.15) is 15.8 Å². The lowest BCUT2D eigenvalue weighted by Gasteiger charge is -2.26. The zero-order valence-corrected chi connectivity index (χ0v) is 20.4. The molecule has 3 aromatic rings. The number of sulfone groups is 1.